The van der Waals surface area contributed by atoms with Crippen LogP contribution in [0.3, 0.4) is 0 Å². The molecule has 0 amide bonds. The molecule has 2 heterocycles. The van der Waals surface area contributed by atoms with Gasteiger partial charge in [-0.1, -0.05) is 42.3 Å². The van der Waals surface area contributed by atoms with Crippen LogP contribution in [0.25, 0.3) is 6.08 Å². The summed E-state index contributed by atoms with van der Waals surface area (Å²) in [7, 11) is 0. The molecule has 2 aliphatic rings. The minimum Gasteiger partial charge on any atom is -0.493 e. The van der Waals surface area contributed by atoms with Gasteiger partial charge in [-0.15, -0.1) is 0 Å². The Morgan fingerprint density at radius 3 is 3.00 bits per heavy atom. The highest BCUT2D eigenvalue weighted by Crippen LogP contribution is 2.30. The fraction of sp³-hybridized carbons (Fsp3) is 0.167. The molecule has 0 atom stereocenters. The van der Waals surface area contributed by atoms with Crippen LogP contribution in [0, 0.1) is 0 Å². The van der Waals surface area contributed by atoms with Gasteiger partial charge in [0, 0.05) is 11.3 Å². The van der Waals surface area contributed by atoms with Crippen LogP contribution in [-0.2, 0) is 6.42 Å². The van der Waals surface area contributed by atoms with E-state index in [4.69, 9.17) is 29.2 Å². The predicted molar refractivity (Wildman–Crippen MR) is 79.5 cm³/mol. The molecule has 0 spiro atoms. The first-order valence-corrected chi connectivity index (χ1v) is 6.86. The first-order chi connectivity index (χ1) is 8.22. The maximum atomic E-state index is 5.48. The molecule has 2 nitrogen and oxygen atoms in total. The molecule has 2 aliphatic heterocycles. The van der Waals surface area contributed by atoms with Crippen LogP contribution in [0.1, 0.15) is 11.1 Å². The SMILES string of the molecule is S=C1NC(=S)C(=Cc2ccc3c(c2)CCO3)S1. The molecule has 86 valence electrons. The molecule has 1 aromatic rings. The van der Waals surface area contributed by atoms with Crippen molar-refractivity contribution in [1.82, 2.24) is 5.32 Å². The number of nitrogens with one attached hydrogen (secondary N) is 1. The van der Waals surface area contributed by atoms with Crippen molar-refractivity contribution < 1.29 is 4.74 Å². The molecule has 0 bridgehead atoms. The summed E-state index contributed by atoms with van der Waals surface area (Å²) in [6.07, 6.45) is 3.05. The summed E-state index contributed by atoms with van der Waals surface area (Å²) in [6, 6.07) is 6.21. The predicted octanol–water partition coefficient (Wildman–Crippen LogP) is 2.91. The number of fused-ring (bicyclic) bond motifs is 1. The van der Waals surface area contributed by atoms with Gasteiger partial charge in [-0.05, 0) is 29.3 Å². The molecule has 0 aromatic heterocycles. The Bertz CT molecular complexity index is 551. The fourth-order valence-electron chi connectivity index (χ4n) is 1.87. The third-order valence-corrected chi connectivity index (χ3v) is 4.29. The maximum Gasteiger partial charge on any atom is 0.143 e. The van der Waals surface area contributed by atoms with E-state index in [0.29, 0.717) is 0 Å². The highest BCUT2D eigenvalue weighted by atomic mass is 32.2. The molecular weight excluding hydrogens is 270 g/mol. The van der Waals surface area contributed by atoms with E-state index in [-0.39, 0.29) is 0 Å². The number of ether oxygens (including phenoxy) is 1. The zero-order valence-corrected chi connectivity index (χ0v) is 11.3. The molecule has 3 rings (SSSR count). The van der Waals surface area contributed by atoms with Gasteiger partial charge in [-0.25, -0.2) is 0 Å². The molecular formula is C12H9NOS3. The lowest BCUT2D eigenvalue weighted by molar-refractivity contribution is 0.357. The standard InChI is InChI=1S/C12H9NOS3/c15-11-10(17-12(16)13-11)6-7-1-2-9-8(5-7)3-4-14-9/h1-2,5-6H,3-4H2,(H,13,15,16). The Morgan fingerprint density at radius 1 is 1.35 bits per heavy atom. The summed E-state index contributed by atoms with van der Waals surface area (Å²) < 4.78 is 6.20. The van der Waals surface area contributed by atoms with Crippen molar-refractivity contribution in [2.24, 2.45) is 0 Å². The van der Waals surface area contributed by atoms with E-state index in [1.807, 2.05) is 12.1 Å². The van der Waals surface area contributed by atoms with Gasteiger partial charge >= 0.3 is 0 Å². The van der Waals surface area contributed by atoms with Gasteiger partial charge in [-0.2, -0.15) is 0 Å². The number of hydrogen-bond donors (Lipinski definition) is 1. The Morgan fingerprint density at radius 2 is 2.24 bits per heavy atom. The first-order valence-electron chi connectivity index (χ1n) is 5.23. The average Bonchev–Trinajstić information content (AvgIpc) is 2.85. The van der Waals surface area contributed by atoms with E-state index in [2.05, 4.69) is 17.5 Å². The zero-order chi connectivity index (χ0) is 11.8. The highest BCUT2D eigenvalue weighted by molar-refractivity contribution is 8.27. The lowest BCUT2D eigenvalue weighted by atomic mass is 10.1. The molecule has 5 heteroatoms. The molecule has 1 saturated heterocycles. The average molecular weight is 279 g/mol. The van der Waals surface area contributed by atoms with Gasteiger partial charge < -0.3 is 10.1 Å². The van der Waals surface area contributed by atoms with Crippen LogP contribution in [-0.4, -0.2) is 15.9 Å². The summed E-state index contributed by atoms with van der Waals surface area (Å²) in [6.45, 7) is 0.786. The van der Waals surface area contributed by atoms with Gasteiger partial charge in [0.1, 0.15) is 15.1 Å². The van der Waals surface area contributed by atoms with Crippen molar-refractivity contribution in [2.75, 3.05) is 6.61 Å². The minimum atomic E-state index is 0.719. The van der Waals surface area contributed by atoms with Crippen molar-refractivity contribution in [2.45, 2.75) is 6.42 Å². The van der Waals surface area contributed by atoms with Crippen LogP contribution in [0.15, 0.2) is 23.1 Å². The first kappa shape index (κ1) is 11.2. The van der Waals surface area contributed by atoms with E-state index < -0.39 is 0 Å². The summed E-state index contributed by atoms with van der Waals surface area (Å²) in [5, 5.41) is 2.97. The van der Waals surface area contributed by atoms with E-state index >= 15 is 0 Å². The van der Waals surface area contributed by atoms with Crippen LogP contribution in [0.5, 0.6) is 5.75 Å². The molecule has 1 N–H and O–H groups in total. The van der Waals surface area contributed by atoms with Crippen LogP contribution in [0.2, 0.25) is 0 Å². The minimum absolute atomic E-state index is 0.719. The highest BCUT2D eigenvalue weighted by Gasteiger charge is 2.19. The van der Waals surface area contributed by atoms with Crippen molar-refractivity contribution in [3.05, 3.63) is 34.2 Å². The largest absolute Gasteiger partial charge is 0.493 e. The second-order valence-electron chi connectivity index (χ2n) is 3.82. The van der Waals surface area contributed by atoms with Crippen molar-refractivity contribution in [3.8, 4) is 5.75 Å². The number of hydrogen-bond acceptors (Lipinski definition) is 4. The Labute approximate surface area is 114 Å². The van der Waals surface area contributed by atoms with E-state index in [1.54, 1.807) is 0 Å². The Hall–Kier alpha value is -0.910. The quantitative estimate of drug-likeness (QED) is 0.628. The number of thioether (sulfide) groups is 1. The van der Waals surface area contributed by atoms with Gasteiger partial charge in [-0.3, -0.25) is 0 Å². The van der Waals surface area contributed by atoms with Gasteiger partial charge in [0.2, 0.25) is 0 Å². The Kier molecular flexibility index (Phi) is 2.90. The molecule has 0 radical (unpaired) electrons. The normalized spacial score (nSPS) is 20.4. The second kappa shape index (κ2) is 4.40. The third kappa shape index (κ3) is 2.22. The van der Waals surface area contributed by atoms with E-state index in [9.17, 15) is 0 Å². The monoisotopic (exact) mass is 279 g/mol. The van der Waals surface area contributed by atoms with E-state index in [0.717, 1.165) is 38.6 Å². The summed E-state index contributed by atoms with van der Waals surface area (Å²) in [5.74, 6) is 1.00. The van der Waals surface area contributed by atoms with Gasteiger partial charge in [0.05, 0.1) is 6.61 Å². The van der Waals surface area contributed by atoms with E-state index in [1.165, 1.54) is 17.3 Å². The molecule has 0 unspecified atom stereocenters. The van der Waals surface area contributed by atoms with Crippen molar-refractivity contribution in [3.63, 3.8) is 0 Å². The number of benzene rings is 1. The number of thiocarbonyl (C=S) groups is 2. The van der Waals surface area contributed by atoms with Gasteiger partial charge in [0.15, 0.2) is 0 Å². The Balaban J connectivity index is 1.93. The second-order valence-corrected chi connectivity index (χ2v) is 5.94. The molecule has 17 heavy (non-hydrogen) atoms. The zero-order valence-electron chi connectivity index (χ0n) is 8.86. The molecule has 0 aliphatic carbocycles. The van der Waals surface area contributed by atoms with Crippen molar-refractivity contribution >= 4 is 51.6 Å². The molecule has 1 fully saturated rings. The van der Waals surface area contributed by atoms with Crippen LogP contribution in [0.4, 0.5) is 0 Å². The number of rotatable bonds is 1. The maximum absolute atomic E-state index is 5.48. The summed E-state index contributed by atoms with van der Waals surface area (Å²) in [5.41, 5.74) is 2.41. The van der Waals surface area contributed by atoms with Crippen LogP contribution < -0.4 is 10.1 Å². The van der Waals surface area contributed by atoms with Crippen LogP contribution >= 0.6 is 36.2 Å². The summed E-state index contributed by atoms with van der Waals surface area (Å²) in [4.78, 5) is 1.74. The lowest BCUT2D eigenvalue weighted by Gasteiger charge is -2.00. The molecule has 1 aromatic carbocycles. The molecule has 0 saturated carbocycles. The third-order valence-electron chi connectivity index (χ3n) is 2.65. The lowest BCUT2D eigenvalue weighted by Crippen LogP contribution is -2.15. The van der Waals surface area contributed by atoms with Gasteiger partial charge in [0.25, 0.3) is 0 Å². The summed E-state index contributed by atoms with van der Waals surface area (Å²) >= 11 is 11.8. The van der Waals surface area contributed by atoms with Crippen molar-refractivity contribution in [1.29, 1.82) is 0 Å². The fourth-order valence-corrected chi connectivity index (χ4v) is 3.35. The topological polar surface area (TPSA) is 21.3 Å². The smallest absolute Gasteiger partial charge is 0.143 e.